The fraction of sp³-hybridized carbons (Fsp3) is 0.793. The van der Waals surface area contributed by atoms with E-state index in [1.165, 1.54) is 30.5 Å². The second-order valence-corrected chi connectivity index (χ2v) is 13.8. The zero-order chi connectivity index (χ0) is 24.5. The second-order valence-electron chi connectivity index (χ2n) is 13.8. The number of piperidine rings is 1. The van der Waals surface area contributed by atoms with E-state index < -0.39 is 11.2 Å². The summed E-state index contributed by atoms with van der Waals surface area (Å²) in [4.78, 5) is 2.77. The molecular formula is C29H43NO4. The largest absolute Gasteiger partial charge is 0.504 e. The fourth-order valence-electron chi connectivity index (χ4n) is 8.72. The van der Waals surface area contributed by atoms with E-state index in [1.54, 1.807) is 7.11 Å². The highest BCUT2D eigenvalue weighted by Crippen LogP contribution is 2.73. The van der Waals surface area contributed by atoms with E-state index in [0.29, 0.717) is 11.8 Å². The van der Waals surface area contributed by atoms with Crippen LogP contribution in [-0.2, 0) is 16.6 Å². The Labute approximate surface area is 204 Å². The van der Waals surface area contributed by atoms with Crippen LogP contribution in [0.4, 0.5) is 0 Å². The molecular weight excluding hydrogens is 426 g/mol. The molecule has 0 radical (unpaired) electrons. The first-order valence-electron chi connectivity index (χ1n) is 13.3. The van der Waals surface area contributed by atoms with Gasteiger partial charge in [0.2, 0.25) is 0 Å². The molecule has 0 amide bonds. The van der Waals surface area contributed by atoms with Crippen LogP contribution in [-0.4, -0.2) is 58.7 Å². The third-order valence-corrected chi connectivity index (χ3v) is 11.4. The molecule has 1 aromatic carbocycles. The van der Waals surface area contributed by atoms with Crippen LogP contribution < -0.4 is 4.74 Å². The highest BCUT2D eigenvalue weighted by molar-refractivity contribution is 5.62. The lowest BCUT2D eigenvalue weighted by Gasteiger charge is -2.70. The SMILES string of the molecule is CO[C@]1(C)[C@@H](C(C)(O)C(C)(C)C)C[C@]2(C)[C@H]3Cc4ccc(O)c5c4C2(CCN3CC2CC2)[C@H]1O5. The van der Waals surface area contributed by atoms with Crippen molar-refractivity contribution in [2.75, 3.05) is 20.2 Å². The van der Waals surface area contributed by atoms with Gasteiger partial charge >= 0.3 is 0 Å². The fourth-order valence-corrected chi connectivity index (χ4v) is 8.72. The smallest absolute Gasteiger partial charge is 0.165 e. The lowest BCUT2D eigenvalue weighted by molar-refractivity contribution is -0.270. The molecule has 3 fully saturated rings. The molecule has 2 heterocycles. The number of aromatic hydroxyl groups is 1. The van der Waals surface area contributed by atoms with Crippen LogP contribution in [0, 0.1) is 22.7 Å². The predicted octanol–water partition coefficient (Wildman–Crippen LogP) is 4.66. The topological polar surface area (TPSA) is 62.2 Å². The van der Waals surface area contributed by atoms with Crippen LogP contribution in [0.5, 0.6) is 11.5 Å². The van der Waals surface area contributed by atoms with Crippen LogP contribution in [0.25, 0.3) is 0 Å². The Morgan fingerprint density at radius 3 is 2.50 bits per heavy atom. The molecule has 5 heteroatoms. The molecule has 188 valence electrons. The number of likely N-dealkylation sites (tertiary alicyclic amines) is 1. The average molecular weight is 470 g/mol. The first-order chi connectivity index (χ1) is 15.8. The predicted molar refractivity (Wildman–Crippen MR) is 132 cm³/mol. The van der Waals surface area contributed by atoms with E-state index in [-0.39, 0.29) is 34.0 Å². The minimum absolute atomic E-state index is 0.0885. The van der Waals surface area contributed by atoms with Crippen LogP contribution in [0.2, 0.25) is 0 Å². The molecule has 2 unspecified atom stereocenters. The number of hydrogen-bond donors (Lipinski definition) is 2. The van der Waals surface area contributed by atoms with Crippen LogP contribution in [0.3, 0.4) is 0 Å². The number of benzene rings is 1. The van der Waals surface area contributed by atoms with Crippen molar-refractivity contribution >= 4 is 0 Å². The van der Waals surface area contributed by atoms with Crippen molar-refractivity contribution in [1.82, 2.24) is 4.90 Å². The molecule has 1 saturated heterocycles. The Kier molecular flexibility index (Phi) is 4.57. The molecule has 6 rings (SSSR count). The lowest BCUT2D eigenvalue weighted by atomic mass is 9.38. The van der Waals surface area contributed by atoms with Gasteiger partial charge in [-0.15, -0.1) is 0 Å². The number of nitrogens with zero attached hydrogens (tertiary/aromatic N) is 1. The lowest BCUT2D eigenvalue weighted by Crippen LogP contribution is -2.79. The number of methoxy groups -OCH3 is 1. The van der Waals surface area contributed by atoms with E-state index in [4.69, 9.17) is 9.47 Å². The van der Waals surface area contributed by atoms with E-state index in [9.17, 15) is 10.2 Å². The molecule has 3 aliphatic carbocycles. The molecule has 2 N–H and O–H groups in total. The van der Waals surface area contributed by atoms with Gasteiger partial charge in [-0.05, 0) is 80.9 Å². The summed E-state index contributed by atoms with van der Waals surface area (Å²) in [5.41, 5.74) is 0.271. The summed E-state index contributed by atoms with van der Waals surface area (Å²) in [5, 5.41) is 23.1. The average Bonchev–Trinajstić information content (AvgIpc) is 3.49. The summed E-state index contributed by atoms with van der Waals surface area (Å²) in [7, 11) is 1.78. The second kappa shape index (κ2) is 6.72. The number of rotatable bonds is 4. The Morgan fingerprint density at radius 2 is 1.88 bits per heavy atom. The minimum Gasteiger partial charge on any atom is -0.504 e. The van der Waals surface area contributed by atoms with Gasteiger partial charge in [0.05, 0.1) is 5.60 Å². The van der Waals surface area contributed by atoms with Crippen molar-refractivity contribution in [2.24, 2.45) is 22.7 Å². The summed E-state index contributed by atoms with van der Waals surface area (Å²) in [6.07, 6.45) is 5.32. The van der Waals surface area contributed by atoms with Crippen molar-refractivity contribution in [3.05, 3.63) is 23.3 Å². The van der Waals surface area contributed by atoms with Crippen molar-refractivity contribution in [3.63, 3.8) is 0 Å². The normalized spacial score (nSPS) is 42.6. The zero-order valence-electron chi connectivity index (χ0n) is 22.1. The minimum atomic E-state index is -0.960. The van der Waals surface area contributed by atoms with Gasteiger partial charge in [-0.3, -0.25) is 4.90 Å². The number of hydrogen-bond acceptors (Lipinski definition) is 5. The Bertz CT molecular complexity index is 1030. The molecule has 2 bridgehead atoms. The highest BCUT2D eigenvalue weighted by atomic mass is 16.6. The number of phenols is 1. The molecule has 2 aliphatic heterocycles. The van der Waals surface area contributed by atoms with E-state index in [1.807, 2.05) is 13.0 Å². The van der Waals surface area contributed by atoms with Gasteiger partial charge in [0.25, 0.3) is 0 Å². The van der Waals surface area contributed by atoms with Gasteiger partial charge in [-0.2, -0.15) is 0 Å². The Balaban J connectivity index is 1.59. The zero-order valence-corrected chi connectivity index (χ0v) is 22.1. The maximum absolute atomic E-state index is 12.2. The molecule has 7 atom stereocenters. The standard InChI is InChI=1S/C29H43NO4/c1-25(2,3)28(6,32)20-15-26(4)21-14-18-10-11-19(31)23-22(18)29(26,24(34-23)27(20,5)33-7)12-13-30(21)16-17-8-9-17/h10-11,17,20-21,24,31-32H,8-9,12-16H2,1-7H3/t20-,21+,24-,26+,27+,28?,29?/m0/s1. The van der Waals surface area contributed by atoms with Crippen molar-refractivity contribution in [2.45, 2.75) is 102 Å². The quantitative estimate of drug-likeness (QED) is 0.672. The Hall–Kier alpha value is -1.30. The summed E-state index contributed by atoms with van der Waals surface area (Å²) >= 11 is 0. The Morgan fingerprint density at radius 1 is 1.18 bits per heavy atom. The molecule has 0 aromatic heterocycles. The van der Waals surface area contributed by atoms with Gasteiger partial charge < -0.3 is 19.7 Å². The molecule has 1 aromatic rings. The summed E-state index contributed by atoms with van der Waals surface area (Å²) in [6.45, 7) is 15.3. The van der Waals surface area contributed by atoms with Gasteiger partial charge in [0, 0.05) is 36.6 Å². The van der Waals surface area contributed by atoms with Crippen LogP contribution >= 0.6 is 0 Å². The number of ether oxygens (including phenoxy) is 2. The monoisotopic (exact) mass is 469 g/mol. The number of aliphatic hydroxyl groups is 1. The molecule has 5 aliphatic rings. The molecule has 2 saturated carbocycles. The van der Waals surface area contributed by atoms with Gasteiger partial charge in [-0.1, -0.05) is 33.8 Å². The van der Waals surface area contributed by atoms with Gasteiger partial charge in [-0.25, -0.2) is 0 Å². The maximum atomic E-state index is 12.2. The number of phenolic OH excluding ortho intramolecular Hbond substituents is 1. The van der Waals surface area contributed by atoms with Crippen molar-refractivity contribution in [3.8, 4) is 11.5 Å². The first-order valence-corrected chi connectivity index (χ1v) is 13.3. The van der Waals surface area contributed by atoms with E-state index >= 15 is 0 Å². The summed E-state index contributed by atoms with van der Waals surface area (Å²) in [6, 6.07) is 4.35. The highest BCUT2D eigenvalue weighted by Gasteiger charge is 2.77. The molecule has 5 nitrogen and oxygen atoms in total. The van der Waals surface area contributed by atoms with E-state index in [0.717, 1.165) is 31.7 Å². The summed E-state index contributed by atoms with van der Waals surface area (Å²) in [5.74, 6) is 1.63. The first kappa shape index (κ1) is 23.1. The van der Waals surface area contributed by atoms with Gasteiger partial charge in [0.1, 0.15) is 11.7 Å². The molecule has 1 spiro atoms. The van der Waals surface area contributed by atoms with Crippen LogP contribution in [0.1, 0.15) is 78.4 Å². The third-order valence-electron chi connectivity index (χ3n) is 11.4. The maximum Gasteiger partial charge on any atom is 0.165 e. The van der Waals surface area contributed by atoms with E-state index in [2.05, 4.69) is 45.6 Å². The third kappa shape index (κ3) is 2.57. The molecule has 34 heavy (non-hydrogen) atoms. The van der Waals surface area contributed by atoms with Gasteiger partial charge in [0.15, 0.2) is 11.5 Å². The van der Waals surface area contributed by atoms with Crippen molar-refractivity contribution in [1.29, 1.82) is 0 Å². The van der Waals surface area contributed by atoms with Crippen LogP contribution in [0.15, 0.2) is 12.1 Å². The van der Waals surface area contributed by atoms with Crippen molar-refractivity contribution < 1.29 is 19.7 Å². The summed E-state index contributed by atoms with van der Waals surface area (Å²) < 4.78 is 13.3.